The van der Waals surface area contributed by atoms with E-state index in [-0.39, 0.29) is 31.0 Å². The predicted molar refractivity (Wildman–Crippen MR) is 125 cm³/mol. The van der Waals surface area contributed by atoms with E-state index in [0.717, 1.165) is 9.78 Å². The molecule has 1 saturated heterocycles. The summed E-state index contributed by atoms with van der Waals surface area (Å²) < 4.78 is 24.8. The third-order valence-electron chi connectivity index (χ3n) is 5.75. The number of carbonyl (C=O) groups is 3. The Bertz CT molecular complexity index is 1160. The van der Waals surface area contributed by atoms with Crippen molar-refractivity contribution in [2.24, 2.45) is 5.73 Å². The number of rotatable bonds is 7. The van der Waals surface area contributed by atoms with Gasteiger partial charge in [-0.1, -0.05) is 18.6 Å². The van der Waals surface area contributed by atoms with Gasteiger partial charge in [0.2, 0.25) is 11.8 Å². The molecule has 1 fully saturated rings. The number of hydrogen-bond donors (Lipinski definition) is 4. The van der Waals surface area contributed by atoms with E-state index in [0.29, 0.717) is 29.0 Å². The molecule has 178 valence electrons. The predicted octanol–water partition coefficient (Wildman–Crippen LogP) is 1.74. The van der Waals surface area contributed by atoms with E-state index in [1.54, 1.807) is 41.9 Å². The number of carbonyl (C=O) groups excluding carboxylic acids is 3. The summed E-state index contributed by atoms with van der Waals surface area (Å²) in [6.45, 7) is -0.247. The molecule has 0 bridgehead atoms. The monoisotopic (exact) mass is 494 g/mol. The minimum atomic E-state index is -3.64. The maximum Gasteiger partial charge on any atom is 0.319 e. The van der Waals surface area contributed by atoms with Crippen LogP contribution in [0.15, 0.2) is 36.4 Å². The van der Waals surface area contributed by atoms with Crippen LogP contribution in [0.25, 0.3) is 10.4 Å². The lowest BCUT2D eigenvalue weighted by Crippen LogP contribution is -2.43. The van der Waals surface area contributed by atoms with Crippen molar-refractivity contribution in [2.45, 2.75) is 30.4 Å². The maximum absolute atomic E-state index is 13.1. The number of likely N-dealkylation sites (N-methyl/N-ethyl adjacent to an activating group) is 1. The van der Waals surface area contributed by atoms with Crippen molar-refractivity contribution >= 4 is 44.7 Å². The molecule has 0 spiro atoms. The van der Waals surface area contributed by atoms with Crippen molar-refractivity contribution in [3.63, 3.8) is 0 Å². The van der Waals surface area contributed by atoms with Crippen molar-refractivity contribution in [3.05, 3.63) is 41.3 Å². The van der Waals surface area contributed by atoms with Gasteiger partial charge in [-0.2, -0.15) is 0 Å². The average molecular weight is 495 g/mol. The molecule has 10 nitrogen and oxygen atoms in total. The summed E-state index contributed by atoms with van der Waals surface area (Å²) in [6, 6.07) is 9.49. The van der Waals surface area contributed by atoms with Gasteiger partial charge in [0.25, 0.3) is 0 Å². The number of sulfone groups is 1. The van der Waals surface area contributed by atoms with Crippen LogP contribution in [-0.4, -0.2) is 50.8 Å². The molecule has 1 atom stereocenters. The van der Waals surface area contributed by atoms with Gasteiger partial charge >= 0.3 is 6.03 Å². The first-order valence-corrected chi connectivity index (χ1v) is 12.7. The smallest absolute Gasteiger partial charge is 0.319 e. The SMILES string of the molecule is CNC(=O)CN(C(N)=O)c1cccc(-c2ccc([C@@]3(CC(=O)NO)CCCCS3(=O)=O)s2)c1. The van der Waals surface area contributed by atoms with E-state index in [1.165, 1.54) is 18.4 Å². The molecular weight excluding hydrogens is 468 g/mol. The summed E-state index contributed by atoms with van der Waals surface area (Å²) in [5.74, 6) is -1.17. The van der Waals surface area contributed by atoms with Gasteiger partial charge in [-0.15, -0.1) is 11.3 Å². The number of primary amides is 1. The Hall–Kier alpha value is -2.96. The Kier molecular flexibility index (Phi) is 7.40. The molecule has 0 aliphatic carbocycles. The normalized spacial score (nSPS) is 19.5. The fourth-order valence-electron chi connectivity index (χ4n) is 4.00. The number of anilines is 1. The van der Waals surface area contributed by atoms with Crippen LogP contribution in [0.4, 0.5) is 10.5 Å². The Morgan fingerprint density at radius 2 is 1.94 bits per heavy atom. The summed E-state index contributed by atoms with van der Waals surface area (Å²) >= 11 is 1.24. The number of nitrogens with zero attached hydrogens (tertiary/aromatic N) is 1. The molecule has 1 aliphatic heterocycles. The highest BCUT2D eigenvalue weighted by atomic mass is 32.2. The lowest BCUT2D eigenvalue weighted by Gasteiger charge is -2.35. The van der Waals surface area contributed by atoms with Crippen LogP contribution in [0.3, 0.4) is 0 Å². The summed E-state index contributed by atoms with van der Waals surface area (Å²) in [7, 11) is -2.18. The number of nitrogens with one attached hydrogen (secondary N) is 2. The lowest BCUT2D eigenvalue weighted by atomic mass is 9.94. The molecule has 4 amide bonds. The summed E-state index contributed by atoms with van der Waals surface area (Å²) in [5, 5.41) is 11.5. The molecule has 1 aromatic carbocycles. The van der Waals surface area contributed by atoms with E-state index in [9.17, 15) is 22.8 Å². The van der Waals surface area contributed by atoms with Crippen LogP contribution in [0.2, 0.25) is 0 Å². The van der Waals surface area contributed by atoms with Crippen LogP contribution in [0, 0.1) is 0 Å². The Labute approximate surface area is 195 Å². The highest BCUT2D eigenvalue weighted by Gasteiger charge is 2.49. The highest BCUT2D eigenvalue weighted by Crippen LogP contribution is 2.47. The van der Waals surface area contributed by atoms with Gasteiger partial charge in [0, 0.05) is 22.5 Å². The summed E-state index contributed by atoms with van der Waals surface area (Å²) in [4.78, 5) is 38.1. The van der Waals surface area contributed by atoms with Crippen LogP contribution >= 0.6 is 11.3 Å². The largest absolute Gasteiger partial charge is 0.358 e. The molecule has 2 heterocycles. The van der Waals surface area contributed by atoms with E-state index in [1.807, 2.05) is 0 Å². The standard InChI is InChI=1S/C21H26N4O6S2/c1-23-19(27)13-25(20(22)28)15-6-4-5-14(11-15)16-7-8-17(32-16)21(12-18(26)24-29)9-2-3-10-33(21,30)31/h4-8,11,29H,2-3,9-10,12-13H2,1H3,(H2,22,28)(H,23,27)(H,24,26)/t21-/m0/s1. The van der Waals surface area contributed by atoms with Crippen molar-refractivity contribution in [1.29, 1.82) is 0 Å². The van der Waals surface area contributed by atoms with E-state index >= 15 is 0 Å². The molecule has 33 heavy (non-hydrogen) atoms. The highest BCUT2D eigenvalue weighted by molar-refractivity contribution is 7.92. The summed E-state index contributed by atoms with van der Waals surface area (Å²) in [5.41, 5.74) is 8.12. The average Bonchev–Trinajstić information content (AvgIpc) is 3.29. The molecule has 0 unspecified atom stereocenters. The number of thiophene rings is 1. The van der Waals surface area contributed by atoms with Crippen LogP contribution in [0.5, 0.6) is 0 Å². The van der Waals surface area contributed by atoms with Crippen molar-refractivity contribution in [1.82, 2.24) is 10.8 Å². The number of benzene rings is 1. The molecule has 3 rings (SSSR count). The van der Waals surface area contributed by atoms with Crippen molar-refractivity contribution in [3.8, 4) is 10.4 Å². The number of hydroxylamine groups is 1. The van der Waals surface area contributed by atoms with E-state index in [4.69, 9.17) is 10.9 Å². The third kappa shape index (κ3) is 5.02. The van der Waals surface area contributed by atoms with E-state index in [2.05, 4.69) is 5.32 Å². The van der Waals surface area contributed by atoms with Gasteiger partial charge in [0.1, 0.15) is 11.3 Å². The first kappa shape index (κ1) is 24.7. The Morgan fingerprint density at radius 1 is 1.18 bits per heavy atom. The van der Waals surface area contributed by atoms with Crippen LogP contribution in [0.1, 0.15) is 30.6 Å². The molecule has 1 aliphatic rings. The minimum Gasteiger partial charge on any atom is -0.358 e. The zero-order valence-corrected chi connectivity index (χ0v) is 19.7. The van der Waals surface area contributed by atoms with Gasteiger partial charge in [0.05, 0.1) is 12.2 Å². The van der Waals surface area contributed by atoms with Crippen molar-refractivity contribution < 1.29 is 28.0 Å². The number of amides is 4. The second kappa shape index (κ2) is 9.89. The fourth-order valence-corrected chi connectivity index (χ4v) is 7.77. The molecule has 0 radical (unpaired) electrons. The molecule has 1 aromatic heterocycles. The van der Waals surface area contributed by atoms with Gasteiger partial charge in [0.15, 0.2) is 9.84 Å². The molecule has 12 heteroatoms. The molecule has 0 saturated carbocycles. The first-order chi connectivity index (χ1) is 15.6. The van der Waals surface area contributed by atoms with Gasteiger partial charge < -0.3 is 11.1 Å². The van der Waals surface area contributed by atoms with E-state index < -0.39 is 26.5 Å². The summed E-state index contributed by atoms with van der Waals surface area (Å²) in [6.07, 6.45) is 1.09. The molecule has 2 aromatic rings. The maximum atomic E-state index is 13.1. The number of hydrogen-bond acceptors (Lipinski definition) is 7. The zero-order chi connectivity index (χ0) is 24.2. The van der Waals surface area contributed by atoms with Gasteiger partial charge in [-0.3, -0.25) is 19.7 Å². The number of urea groups is 1. The topological polar surface area (TPSA) is 159 Å². The fraction of sp³-hybridized carbons (Fsp3) is 0.381. The third-order valence-corrected chi connectivity index (χ3v) is 9.81. The molecular formula is C21H26N4O6S2. The van der Waals surface area contributed by atoms with Crippen LogP contribution < -0.4 is 21.4 Å². The van der Waals surface area contributed by atoms with Gasteiger partial charge in [-0.05, 0) is 42.7 Å². The quantitative estimate of drug-likeness (QED) is 0.339. The first-order valence-electron chi connectivity index (χ1n) is 10.3. The Morgan fingerprint density at radius 3 is 2.58 bits per heavy atom. The lowest BCUT2D eigenvalue weighted by molar-refractivity contribution is -0.130. The van der Waals surface area contributed by atoms with Crippen LogP contribution in [-0.2, 0) is 24.2 Å². The second-order valence-electron chi connectivity index (χ2n) is 7.79. The Balaban J connectivity index is 2.01. The zero-order valence-electron chi connectivity index (χ0n) is 18.0. The minimum absolute atomic E-state index is 0.0263. The number of nitrogens with two attached hydrogens (primary N) is 1. The van der Waals surface area contributed by atoms with Gasteiger partial charge in [-0.25, -0.2) is 18.7 Å². The molecule has 5 N–H and O–H groups in total. The second-order valence-corrected chi connectivity index (χ2v) is 11.3. The van der Waals surface area contributed by atoms with Crippen molar-refractivity contribution in [2.75, 3.05) is 24.2 Å².